The van der Waals surface area contributed by atoms with Crippen molar-refractivity contribution in [1.29, 1.82) is 0 Å². The number of carbonyl (C=O) groups is 1. The molecule has 3 heterocycles. The van der Waals surface area contributed by atoms with Gasteiger partial charge < -0.3 is 10.1 Å². The van der Waals surface area contributed by atoms with Gasteiger partial charge in [-0.05, 0) is 63.0 Å². The Morgan fingerprint density at radius 1 is 1.19 bits per heavy atom. The van der Waals surface area contributed by atoms with Crippen LogP contribution in [-0.4, -0.2) is 40.7 Å². The van der Waals surface area contributed by atoms with Gasteiger partial charge in [-0.15, -0.1) is 0 Å². The highest BCUT2D eigenvalue weighted by atomic mass is 79.9. The van der Waals surface area contributed by atoms with Gasteiger partial charge in [-0.3, -0.25) is 9.47 Å². The molecule has 1 amide bonds. The van der Waals surface area contributed by atoms with Crippen molar-refractivity contribution in [1.82, 2.24) is 19.8 Å². The number of methoxy groups -OCH3 is 1. The van der Waals surface area contributed by atoms with E-state index in [2.05, 4.69) is 43.3 Å². The highest BCUT2D eigenvalue weighted by molar-refractivity contribution is 9.10. The lowest BCUT2D eigenvalue weighted by Crippen LogP contribution is -2.34. The van der Waals surface area contributed by atoms with Gasteiger partial charge >= 0.3 is 6.03 Å². The molecule has 190 valence electrons. The molecule has 4 aromatic rings. The maximum atomic E-state index is 13.5. The van der Waals surface area contributed by atoms with E-state index < -0.39 is 0 Å². The van der Waals surface area contributed by atoms with Crippen LogP contribution in [0.3, 0.4) is 0 Å². The molecule has 0 aliphatic carbocycles. The van der Waals surface area contributed by atoms with E-state index in [1.165, 1.54) is 0 Å². The van der Waals surface area contributed by atoms with Gasteiger partial charge in [0, 0.05) is 61.0 Å². The molecule has 2 aromatic heterocycles. The second-order valence-corrected chi connectivity index (χ2v) is 10.5. The topological polar surface area (TPSA) is 59.4 Å². The number of carbonyl (C=O) groups excluding carboxylic acids is 1. The van der Waals surface area contributed by atoms with Crippen molar-refractivity contribution >= 4 is 62.1 Å². The summed E-state index contributed by atoms with van der Waals surface area (Å²) in [7, 11) is 1.63. The number of benzene rings is 2. The maximum Gasteiger partial charge on any atom is 0.326 e. The molecule has 0 bridgehead atoms. The predicted molar refractivity (Wildman–Crippen MR) is 153 cm³/mol. The van der Waals surface area contributed by atoms with Gasteiger partial charge in [0.25, 0.3) is 0 Å². The van der Waals surface area contributed by atoms with E-state index in [0.29, 0.717) is 17.4 Å². The molecule has 0 saturated carbocycles. The average molecular weight is 600 g/mol. The van der Waals surface area contributed by atoms with Crippen molar-refractivity contribution in [3.63, 3.8) is 0 Å². The van der Waals surface area contributed by atoms with Crippen molar-refractivity contribution < 1.29 is 9.53 Å². The van der Waals surface area contributed by atoms with Crippen LogP contribution in [-0.2, 0) is 19.5 Å². The van der Waals surface area contributed by atoms with Gasteiger partial charge in [-0.1, -0.05) is 47.5 Å². The molecular weight excluding hydrogens is 575 g/mol. The summed E-state index contributed by atoms with van der Waals surface area (Å²) in [6, 6.07) is 15.2. The molecule has 2 aromatic carbocycles. The Bertz CT molecular complexity index is 1480. The Kier molecular flexibility index (Phi) is 7.86. The average Bonchev–Trinajstić information content (AvgIpc) is 3.20. The Labute approximate surface area is 234 Å². The monoisotopic (exact) mass is 598 g/mol. The number of halogens is 3. The zero-order valence-corrected chi connectivity index (χ0v) is 23.3. The SMILES string of the molecule is COc1cc2c(cc1Br)c1c(n2C(=O)NCc2ccnc(Cl)c2)CCN(CC=Cc2ccc(Cl)cc2)C1. The number of amides is 1. The molecule has 0 saturated heterocycles. The first kappa shape index (κ1) is 25.8. The summed E-state index contributed by atoms with van der Waals surface area (Å²) in [5.41, 5.74) is 5.01. The molecule has 6 nitrogen and oxygen atoms in total. The summed E-state index contributed by atoms with van der Waals surface area (Å²) in [5.74, 6) is 0.681. The van der Waals surface area contributed by atoms with Crippen LogP contribution in [0.25, 0.3) is 17.0 Å². The normalized spacial score (nSPS) is 13.7. The Morgan fingerprint density at radius 3 is 2.76 bits per heavy atom. The van der Waals surface area contributed by atoms with Crippen molar-refractivity contribution in [3.05, 3.63) is 97.8 Å². The van der Waals surface area contributed by atoms with E-state index in [0.717, 1.165) is 68.8 Å². The molecular formula is C28H25BrCl2N4O2. The first-order valence-electron chi connectivity index (χ1n) is 11.9. The van der Waals surface area contributed by atoms with Crippen LogP contribution < -0.4 is 10.1 Å². The third-order valence-corrected chi connectivity index (χ3v) is 7.56. The summed E-state index contributed by atoms with van der Waals surface area (Å²) in [5, 5.41) is 5.21. The van der Waals surface area contributed by atoms with Gasteiger partial charge in [0.2, 0.25) is 0 Å². The quantitative estimate of drug-likeness (QED) is 0.244. The molecule has 1 aliphatic rings. The zero-order valence-electron chi connectivity index (χ0n) is 20.2. The highest BCUT2D eigenvalue weighted by Gasteiger charge is 2.27. The van der Waals surface area contributed by atoms with Crippen LogP contribution in [0.4, 0.5) is 4.79 Å². The molecule has 0 atom stereocenters. The van der Waals surface area contributed by atoms with E-state index >= 15 is 0 Å². The third-order valence-electron chi connectivity index (χ3n) is 6.48. The lowest BCUT2D eigenvalue weighted by atomic mass is 10.0. The number of hydrogen-bond donors (Lipinski definition) is 1. The second-order valence-electron chi connectivity index (χ2n) is 8.85. The standard InChI is InChI=1S/C28H25BrCl2N4O2/c1-37-26-15-25-21(14-23(26)29)22-17-34(11-2-3-18-4-6-20(30)7-5-18)12-9-24(22)35(25)28(36)33-16-19-8-10-32-27(31)13-19/h2-8,10,13-15H,9,11-12,16-17H2,1H3,(H,33,36). The fourth-order valence-corrected chi connectivity index (χ4v) is 5.50. The summed E-state index contributed by atoms with van der Waals surface area (Å²) in [4.78, 5) is 19.9. The molecule has 1 aliphatic heterocycles. The lowest BCUT2D eigenvalue weighted by molar-refractivity contribution is 0.240. The molecule has 37 heavy (non-hydrogen) atoms. The molecule has 0 unspecified atom stereocenters. The molecule has 0 radical (unpaired) electrons. The summed E-state index contributed by atoms with van der Waals surface area (Å²) >= 11 is 15.6. The van der Waals surface area contributed by atoms with Crippen molar-refractivity contribution in [2.45, 2.75) is 19.5 Å². The number of nitrogens with zero attached hydrogens (tertiary/aromatic N) is 3. The van der Waals surface area contributed by atoms with E-state index in [1.54, 1.807) is 23.9 Å². The number of pyridine rings is 1. The van der Waals surface area contributed by atoms with E-state index in [1.807, 2.05) is 42.5 Å². The summed E-state index contributed by atoms with van der Waals surface area (Å²) < 4.78 is 8.20. The van der Waals surface area contributed by atoms with E-state index in [9.17, 15) is 4.79 Å². The first-order valence-corrected chi connectivity index (χ1v) is 13.4. The first-order chi connectivity index (χ1) is 17.9. The number of ether oxygens (including phenoxy) is 1. The summed E-state index contributed by atoms with van der Waals surface area (Å²) in [6.45, 7) is 2.75. The van der Waals surface area contributed by atoms with Crippen LogP contribution in [0.5, 0.6) is 5.75 Å². The summed E-state index contributed by atoms with van der Waals surface area (Å²) in [6.07, 6.45) is 6.66. The smallest absolute Gasteiger partial charge is 0.326 e. The number of aromatic nitrogens is 2. The Balaban J connectivity index is 1.42. The largest absolute Gasteiger partial charge is 0.495 e. The number of rotatable bonds is 6. The van der Waals surface area contributed by atoms with Crippen LogP contribution in [0.15, 0.2) is 65.3 Å². The maximum absolute atomic E-state index is 13.5. The minimum Gasteiger partial charge on any atom is -0.495 e. The highest BCUT2D eigenvalue weighted by Crippen LogP contribution is 2.37. The van der Waals surface area contributed by atoms with E-state index in [-0.39, 0.29) is 6.03 Å². The van der Waals surface area contributed by atoms with Gasteiger partial charge in [0.15, 0.2) is 0 Å². The lowest BCUT2D eigenvalue weighted by Gasteiger charge is -2.27. The number of nitrogens with one attached hydrogen (secondary N) is 1. The van der Waals surface area contributed by atoms with E-state index in [4.69, 9.17) is 27.9 Å². The molecule has 1 N–H and O–H groups in total. The van der Waals surface area contributed by atoms with Gasteiger partial charge in [-0.25, -0.2) is 9.78 Å². The number of hydrogen-bond acceptors (Lipinski definition) is 4. The number of fused-ring (bicyclic) bond motifs is 3. The second kappa shape index (κ2) is 11.3. The Morgan fingerprint density at radius 2 is 2.00 bits per heavy atom. The van der Waals surface area contributed by atoms with Crippen LogP contribution >= 0.6 is 39.1 Å². The van der Waals surface area contributed by atoms with Crippen molar-refractivity contribution in [2.24, 2.45) is 0 Å². The fraction of sp³-hybridized carbons (Fsp3) is 0.214. The molecule has 5 rings (SSSR count). The van der Waals surface area contributed by atoms with Crippen LogP contribution in [0.1, 0.15) is 22.4 Å². The minimum absolute atomic E-state index is 0.181. The predicted octanol–water partition coefficient (Wildman–Crippen LogP) is 6.94. The molecule has 0 spiro atoms. The van der Waals surface area contributed by atoms with Gasteiger partial charge in [0.1, 0.15) is 10.9 Å². The van der Waals surface area contributed by atoms with Gasteiger partial charge in [-0.2, -0.15) is 0 Å². The Hall–Kier alpha value is -2.84. The zero-order chi connectivity index (χ0) is 25.9. The van der Waals surface area contributed by atoms with Gasteiger partial charge in [0.05, 0.1) is 17.1 Å². The van der Waals surface area contributed by atoms with Crippen molar-refractivity contribution in [2.75, 3.05) is 20.2 Å². The van der Waals surface area contributed by atoms with Crippen LogP contribution in [0, 0.1) is 0 Å². The van der Waals surface area contributed by atoms with Crippen molar-refractivity contribution in [3.8, 4) is 5.75 Å². The van der Waals surface area contributed by atoms with Crippen LogP contribution in [0.2, 0.25) is 10.2 Å². The third kappa shape index (κ3) is 5.70. The molecule has 9 heteroatoms. The fourth-order valence-electron chi connectivity index (χ4n) is 4.68. The molecule has 0 fully saturated rings. The minimum atomic E-state index is -0.181.